The van der Waals surface area contributed by atoms with E-state index in [0.717, 1.165) is 38.9 Å². The fourth-order valence-electron chi connectivity index (χ4n) is 4.62. The smallest absolute Gasteiger partial charge is 0.254 e. The van der Waals surface area contributed by atoms with E-state index in [4.69, 9.17) is 0 Å². The van der Waals surface area contributed by atoms with Gasteiger partial charge in [-0.2, -0.15) is 5.10 Å². The Balaban J connectivity index is 1.41. The van der Waals surface area contributed by atoms with Gasteiger partial charge in [-0.15, -0.1) is 0 Å². The lowest BCUT2D eigenvalue weighted by atomic mass is 9.72. The van der Waals surface area contributed by atoms with E-state index >= 15 is 0 Å². The molecule has 0 saturated carbocycles. The molecular weight excluding hydrogens is 384 g/mol. The van der Waals surface area contributed by atoms with Crippen molar-refractivity contribution in [1.29, 1.82) is 0 Å². The fraction of sp³-hybridized carbons (Fsp3) is 0.385. The second-order valence-electron chi connectivity index (χ2n) is 8.75. The maximum atomic E-state index is 12.7. The molecule has 0 unspecified atom stereocenters. The molecule has 0 aliphatic carbocycles. The zero-order chi connectivity index (χ0) is 21.7. The molecule has 0 radical (unpaired) electrons. The zero-order valence-corrected chi connectivity index (χ0v) is 18.6. The number of nitrogens with zero attached hydrogens (tertiary/aromatic N) is 3. The molecule has 1 N–H and O–H groups in total. The quantitative estimate of drug-likeness (QED) is 0.638. The van der Waals surface area contributed by atoms with Crippen LogP contribution in [0.15, 0.2) is 67.0 Å². The molecule has 1 saturated heterocycles. The summed E-state index contributed by atoms with van der Waals surface area (Å²) >= 11 is 0. The summed E-state index contributed by atoms with van der Waals surface area (Å²) in [5.41, 5.74) is 4.71. The molecule has 1 aliphatic heterocycles. The Bertz CT molecular complexity index is 1000. The van der Waals surface area contributed by atoms with E-state index in [1.807, 2.05) is 7.05 Å². The van der Waals surface area contributed by atoms with Gasteiger partial charge in [-0.05, 0) is 56.0 Å². The average molecular weight is 417 g/mol. The first kappa shape index (κ1) is 21.3. The number of piperidine rings is 1. The van der Waals surface area contributed by atoms with Gasteiger partial charge in [0.05, 0.1) is 11.8 Å². The Kier molecular flexibility index (Phi) is 6.52. The second kappa shape index (κ2) is 9.48. The summed E-state index contributed by atoms with van der Waals surface area (Å²) in [7, 11) is 1.83. The number of aromatic nitrogens is 2. The third kappa shape index (κ3) is 5.05. The lowest BCUT2D eigenvalue weighted by molar-refractivity contribution is 0.0922. The van der Waals surface area contributed by atoms with Crippen LogP contribution in [0, 0.1) is 6.92 Å². The minimum absolute atomic E-state index is 0.0295. The third-order valence-electron chi connectivity index (χ3n) is 6.71. The number of carbonyl (C=O) groups excluding carboxylic acids is 1. The van der Waals surface area contributed by atoms with E-state index in [2.05, 4.69) is 76.8 Å². The molecule has 5 nitrogen and oxygen atoms in total. The number of benzene rings is 2. The number of likely N-dealkylation sites (tertiary alicyclic amines) is 1. The highest BCUT2D eigenvalue weighted by molar-refractivity contribution is 5.93. The van der Waals surface area contributed by atoms with Gasteiger partial charge in [-0.3, -0.25) is 9.48 Å². The zero-order valence-electron chi connectivity index (χ0n) is 18.6. The van der Waals surface area contributed by atoms with Crippen LogP contribution in [-0.2, 0) is 18.9 Å². The third-order valence-corrected chi connectivity index (χ3v) is 6.71. The minimum atomic E-state index is -0.0506. The number of rotatable bonds is 7. The Morgan fingerprint density at radius 3 is 2.45 bits per heavy atom. The van der Waals surface area contributed by atoms with Crippen LogP contribution < -0.4 is 5.32 Å². The molecule has 0 bridgehead atoms. The van der Waals surface area contributed by atoms with Crippen LogP contribution in [0.3, 0.4) is 0 Å². The van der Waals surface area contributed by atoms with Gasteiger partial charge in [0.25, 0.3) is 5.91 Å². The van der Waals surface area contributed by atoms with Crippen LogP contribution in [0.5, 0.6) is 0 Å². The minimum Gasteiger partial charge on any atom is -0.351 e. The molecule has 5 heteroatoms. The van der Waals surface area contributed by atoms with Crippen molar-refractivity contribution in [3.8, 4) is 0 Å². The van der Waals surface area contributed by atoms with Crippen molar-refractivity contribution in [2.45, 2.75) is 31.6 Å². The molecule has 3 aromatic rings. The molecule has 31 heavy (non-hydrogen) atoms. The van der Waals surface area contributed by atoms with Crippen LogP contribution in [0.25, 0.3) is 0 Å². The number of amides is 1. The van der Waals surface area contributed by atoms with Crippen molar-refractivity contribution in [2.75, 3.05) is 26.2 Å². The Labute approximate surface area is 185 Å². The van der Waals surface area contributed by atoms with Gasteiger partial charge in [0.15, 0.2) is 0 Å². The summed E-state index contributed by atoms with van der Waals surface area (Å²) in [5.74, 6) is -0.0506. The number of hydrogen-bond acceptors (Lipinski definition) is 3. The van der Waals surface area contributed by atoms with E-state index in [1.165, 1.54) is 16.7 Å². The Morgan fingerprint density at radius 2 is 1.77 bits per heavy atom. The van der Waals surface area contributed by atoms with E-state index in [1.54, 1.807) is 17.1 Å². The van der Waals surface area contributed by atoms with Crippen LogP contribution >= 0.6 is 0 Å². The summed E-state index contributed by atoms with van der Waals surface area (Å²) in [4.78, 5) is 15.2. The summed E-state index contributed by atoms with van der Waals surface area (Å²) in [6, 6.07) is 19.3. The van der Waals surface area contributed by atoms with E-state index in [-0.39, 0.29) is 11.3 Å². The SMILES string of the molecule is Cc1ccccc1CCN1CCC(CNC(=O)c2cnn(C)c2)(c2ccccc2)CC1. The predicted octanol–water partition coefficient (Wildman–Crippen LogP) is 3.73. The fourth-order valence-corrected chi connectivity index (χ4v) is 4.62. The molecule has 2 aromatic carbocycles. The Morgan fingerprint density at radius 1 is 1.06 bits per heavy atom. The largest absolute Gasteiger partial charge is 0.351 e. The summed E-state index contributed by atoms with van der Waals surface area (Å²) in [6.07, 6.45) is 6.55. The molecular formula is C26H32N4O. The van der Waals surface area contributed by atoms with Crippen molar-refractivity contribution < 1.29 is 4.79 Å². The van der Waals surface area contributed by atoms with Crippen LogP contribution in [0.4, 0.5) is 0 Å². The highest BCUT2D eigenvalue weighted by Crippen LogP contribution is 2.35. The number of hydrogen-bond donors (Lipinski definition) is 1. The first-order valence-electron chi connectivity index (χ1n) is 11.1. The molecule has 1 fully saturated rings. The lowest BCUT2D eigenvalue weighted by Gasteiger charge is -2.42. The molecule has 162 valence electrons. The van der Waals surface area contributed by atoms with Gasteiger partial charge in [-0.1, -0.05) is 54.6 Å². The van der Waals surface area contributed by atoms with Gasteiger partial charge in [0.2, 0.25) is 0 Å². The molecule has 1 amide bonds. The van der Waals surface area contributed by atoms with Crippen molar-refractivity contribution >= 4 is 5.91 Å². The monoisotopic (exact) mass is 416 g/mol. The second-order valence-corrected chi connectivity index (χ2v) is 8.75. The lowest BCUT2D eigenvalue weighted by Crippen LogP contribution is -2.49. The van der Waals surface area contributed by atoms with Gasteiger partial charge in [-0.25, -0.2) is 0 Å². The van der Waals surface area contributed by atoms with Crippen molar-refractivity contribution in [1.82, 2.24) is 20.0 Å². The van der Waals surface area contributed by atoms with Gasteiger partial charge in [0, 0.05) is 31.7 Å². The van der Waals surface area contributed by atoms with Crippen LogP contribution in [0.2, 0.25) is 0 Å². The van der Waals surface area contributed by atoms with Crippen molar-refractivity contribution in [3.63, 3.8) is 0 Å². The maximum Gasteiger partial charge on any atom is 0.254 e. The van der Waals surface area contributed by atoms with Gasteiger partial charge < -0.3 is 10.2 Å². The van der Waals surface area contributed by atoms with E-state index in [0.29, 0.717) is 12.1 Å². The predicted molar refractivity (Wildman–Crippen MR) is 124 cm³/mol. The normalized spacial score (nSPS) is 16.2. The standard InChI is InChI=1S/C26H32N4O/c1-21-8-6-7-9-22(21)12-15-30-16-13-26(14-17-30,24-10-4-3-5-11-24)20-27-25(31)23-18-28-29(2)19-23/h3-11,18-19H,12-17,20H2,1-2H3,(H,27,31). The number of carbonyl (C=O) groups is 1. The molecule has 0 atom stereocenters. The Hall–Kier alpha value is -2.92. The first-order chi connectivity index (χ1) is 15.1. The molecule has 2 heterocycles. The topological polar surface area (TPSA) is 50.2 Å². The summed E-state index contributed by atoms with van der Waals surface area (Å²) < 4.78 is 1.66. The summed E-state index contributed by atoms with van der Waals surface area (Å²) in [6.45, 7) is 6.01. The number of aryl methyl sites for hydroxylation is 2. The van der Waals surface area contributed by atoms with Gasteiger partial charge >= 0.3 is 0 Å². The molecule has 0 spiro atoms. The highest BCUT2D eigenvalue weighted by Gasteiger charge is 2.36. The molecule has 4 rings (SSSR count). The van der Waals surface area contributed by atoms with E-state index < -0.39 is 0 Å². The summed E-state index contributed by atoms with van der Waals surface area (Å²) in [5, 5.41) is 7.31. The first-order valence-corrected chi connectivity index (χ1v) is 11.1. The maximum absolute atomic E-state index is 12.7. The van der Waals surface area contributed by atoms with E-state index in [9.17, 15) is 4.79 Å². The van der Waals surface area contributed by atoms with Crippen LogP contribution in [0.1, 0.15) is 39.9 Å². The van der Waals surface area contributed by atoms with Crippen LogP contribution in [-0.4, -0.2) is 46.8 Å². The average Bonchev–Trinajstić information content (AvgIpc) is 3.25. The highest BCUT2D eigenvalue weighted by atomic mass is 16.1. The molecule has 1 aliphatic rings. The van der Waals surface area contributed by atoms with Crippen molar-refractivity contribution in [2.24, 2.45) is 7.05 Å². The van der Waals surface area contributed by atoms with Gasteiger partial charge in [0.1, 0.15) is 0 Å². The van der Waals surface area contributed by atoms with Crippen molar-refractivity contribution in [3.05, 3.63) is 89.2 Å². The molecule has 1 aromatic heterocycles. The number of nitrogens with one attached hydrogen (secondary N) is 1.